The van der Waals surface area contributed by atoms with Crippen molar-refractivity contribution in [2.75, 3.05) is 6.61 Å². The highest BCUT2D eigenvalue weighted by Crippen LogP contribution is 2.26. The van der Waals surface area contributed by atoms with Crippen LogP contribution in [0.1, 0.15) is 6.92 Å². The highest BCUT2D eigenvalue weighted by Gasteiger charge is 2.15. The van der Waals surface area contributed by atoms with Crippen molar-refractivity contribution in [1.82, 2.24) is 0 Å². The molecule has 0 fully saturated rings. The van der Waals surface area contributed by atoms with Gasteiger partial charge in [-0.1, -0.05) is 18.2 Å². The van der Waals surface area contributed by atoms with Gasteiger partial charge in [-0.3, -0.25) is 0 Å². The van der Waals surface area contributed by atoms with Crippen LogP contribution in [0.15, 0.2) is 35.2 Å². The summed E-state index contributed by atoms with van der Waals surface area (Å²) in [5, 5.41) is 5.33. The third-order valence-corrected chi connectivity index (χ3v) is 2.85. The first kappa shape index (κ1) is 13.0. The molecule has 0 bridgehead atoms. The zero-order valence-electron chi connectivity index (χ0n) is 8.73. The van der Waals surface area contributed by atoms with Crippen LogP contribution >= 0.6 is 11.6 Å². The lowest BCUT2D eigenvalue weighted by Gasteiger charge is -2.10. The van der Waals surface area contributed by atoms with Crippen LogP contribution in [0.4, 0.5) is 0 Å². The maximum absolute atomic E-state index is 11.3. The van der Waals surface area contributed by atoms with Gasteiger partial charge in [0.25, 0.3) is 0 Å². The van der Waals surface area contributed by atoms with Gasteiger partial charge >= 0.3 is 0 Å². The highest BCUT2D eigenvalue weighted by molar-refractivity contribution is 7.89. The van der Waals surface area contributed by atoms with E-state index in [1.54, 1.807) is 6.92 Å². The topological polar surface area (TPSA) is 69.4 Å². The molecule has 0 aromatic heterocycles. The summed E-state index contributed by atoms with van der Waals surface area (Å²) in [6.45, 7) is 5.64. The van der Waals surface area contributed by atoms with Gasteiger partial charge in [0.05, 0.1) is 0 Å². The van der Waals surface area contributed by atoms with E-state index >= 15 is 0 Å². The SMILES string of the molecule is C=C(C)COc1ccc(Cl)cc1S(N)(=O)=O. The van der Waals surface area contributed by atoms with E-state index in [0.717, 1.165) is 5.57 Å². The molecule has 1 aromatic carbocycles. The summed E-state index contributed by atoms with van der Waals surface area (Å²) in [5.41, 5.74) is 0.773. The van der Waals surface area contributed by atoms with E-state index in [-0.39, 0.29) is 22.3 Å². The number of rotatable bonds is 4. The number of ether oxygens (including phenoxy) is 1. The first-order chi connectivity index (χ1) is 7.30. The summed E-state index contributed by atoms with van der Waals surface area (Å²) in [6, 6.07) is 4.25. The molecule has 0 saturated heterocycles. The lowest BCUT2D eigenvalue weighted by molar-refractivity contribution is 0.343. The smallest absolute Gasteiger partial charge is 0.241 e. The van der Waals surface area contributed by atoms with Crippen molar-refractivity contribution in [3.63, 3.8) is 0 Å². The third-order valence-electron chi connectivity index (χ3n) is 1.69. The van der Waals surface area contributed by atoms with Crippen molar-refractivity contribution >= 4 is 21.6 Å². The third kappa shape index (κ3) is 3.52. The minimum atomic E-state index is -3.84. The number of nitrogens with two attached hydrogens (primary N) is 1. The monoisotopic (exact) mass is 261 g/mol. The molecule has 0 aliphatic carbocycles. The predicted octanol–water partition coefficient (Wildman–Crippen LogP) is 1.94. The van der Waals surface area contributed by atoms with Crippen LogP contribution in [0.3, 0.4) is 0 Å². The number of hydrogen-bond acceptors (Lipinski definition) is 3. The van der Waals surface area contributed by atoms with E-state index in [9.17, 15) is 8.42 Å². The number of halogens is 1. The standard InChI is InChI=1S/C10H12ClNO3S/c1-7(2)6-15-9-4-3-8(11)5-10(9)16(12,13)14/h3-5H,1,6H2,2H3,(H2,12,13,14). The van der Waals surface area contributed by atoms with Gasteiger partial charge in [-0.2, -0.15) is 0 Å². The average Bonchev–Trinajstić information content (AvgIpc) is 2.14. The van der Waals surface area contributed by atoms with Gasteiger partial charge in [0.15, 0.2) is 0 Å². The summed E-state index contributed by atoms with van der Waals surface area (Å²) in [6.07, 6.45) is 0. The summed E-state index contributed by atoms with van der Waals surface area (Å²) in [4.78, 5) is -0.124. The number of benzene rings is 1. The highest BCUT2D eigenvalue weighted by atomic mass is 35.5. The van der Waals surface area contributed by atoms with Crippen LogP contribution in [0.5, 0.6) is 5.75 Å². The van der Waals surface area contributed by atoms with Crippen molar-refractivity contribution < 1.29 is 13.2 Å². The molecule has 6 heteroatoms. The Labute approximate surface area is 99.7 Å². The molecule has 0 saturated carbocycles. The van der Waals surface area contributed by atoms with E-state index in [1.165, 1.54) is 18.2 Å². The Hall–Kier alpha value is -1.04. The molecule has 0 unspecified atom stereocenters. The Kier molecular flexibility index (Phi) is 3.96. The van der Waals surface area contributed by atoms with Gasteiger partial charge in [-0.25, -0.2) is 13.6 Å². The Morgan fingerprint density at radius 2 is 2.19 bits per heavy atom. The first-order valence-electron chi connectivity index (χ1n) is 4.40. The fourth-order valence-electron chi connectivity index (χ4n) is 1.02. The van der Waals surface area contributed by atoms with Crippen molar-refractivity contribution in [1.29, 1.82) is 0 Å². The summed E-state index contributed by atoms with van der Waals surface area (Å²) in [5.74, 6) is 0.176. The Bertz CT molecular complexity index is 511. The molecule has 2 N–H and O–H groups in total. The minimum Gasteiger partial charge on any atom is -0.488 e. The van der Waals surface area contributed by atoms with Crippen LogP contribution in [0, 0.1) is 0 Å². The van der Waals surface area contributed by atoms with Crippen molar-refractivity contribution in [3.8, 4) is 5.75 Å². The Balaban J connectivity index is 3.13. The van der Waals surface area contributed by atoms with E-state index in [1.807, 2.05) is 0 Å². The summed E-state index contributed by atoms with van der Waals surface area (Å²) in [7, 11) is -3.84. The molecule has 0 heterocycles. The largest absolute Gasteiger partial charge is 0.488 e. The molecular weight excluding hydrogens is 250 g/mol. The molecule has 88 valence electrons. The fourth-order valence-corrected chi connectivity index (χ4v) is 1.96. The number of hydrogen-bond donors (Lipinski definition) is 1. The quantitative estimate of drug-likeness (QED) is 0.842. The van der Waals surface area contributed by atoms with Gasteiger partial charge in [0, 0.05) is 5.02 Å². The summed E-state index contributed by atoms with van der Waals surface area (Å²) < 4.78 is 27.8. The molecule has 0 aliphatic heterocycles. The molecule has 0 atom stereocenters. The van der Waals surface area contributed by atoms with E-state index < -0.39 is 10.0 Å². The molecule has 16 heavy (non-hydrogen) atoms. The summed E-state index contributed by atoms with van der Waals surface area (Å²) >= 11 is 5.69. The normalized spacial score (nSPS) is 11.2. The van der Waals surface area contributed by atoms with Crippen LogP contribution in [0.25, 0.3) is 0 Å². The minimum absolute atomic E-state index is 0.124. The molecule has 0 radical (unpaired) electrons. The van der Waals surface area contributed by atoms with Gasteiger partial charge in [-0.15, -0.1) is 0 Å². The van der Waals surface area contributed by atoms with Crippen LogP contribution in [-0.4, -0.2) is 15.0 Å². The molecule has 4 nitrogen and oxygen atoms in total. The van der Waals surface area contributed by atoms with Crippen molar-refractivity contribution in [3.05, 3.63) is 35.4 Å². The van der Waals surface area contributed by atoms with Crippen LogP contribution < -0.4 is 9.88 Å². The van der Waals surface area contributed by atoms with E-state index in [0.29, 0.717) is 0 Å². The zero-order chi connectivity index (χ0) is 12.3. The van der Waals surface area contributed by atoms with Gasteiger partial charge in [0.1, 0.15) is 17.3 Å². The predicted molar refractivity (Wildman–Crippen MR) is 63.1 cm³/mol. The molecule has 0 aliphatic rings. The maximum Gasteiger partial charge on any atom is 0.241 e. The number of sulfonamides is 1. The Morgan fingerprint density at radius 1 is 1.56 bits per heavy atom. The second-order valence-corrected chi connectivity index (χ2v) is 5.35. The average molecular weight is 262 g/mol. The maximum atomic E-state index is 11.3. The van der Waals surface area contributed by atoms with Crippen molar-refractivity contribution in [2.45, 2.75) is 11.8 Å². The lowest BCUT2D eigenvalue weighted by atomic mass is 10.3. The van der Waals surface area contributed by atoms with E-state index in [4.69, 9.17) is 21.5 Å². The number of primary sulfonamides is 1. The molecule has 0 amide bonds. The van der Waals surface area contributed by atoms with Gasteiger partial charge in [0.2, 0.25) is 10.0 Å². The van der Waals surface area contributed by atoms with E-state index in [2.05, 4.69) is 6.58 Å². The molecule has 0 spiro atoms. The second-order valence-electron chi connectivity index (χ2n) is 3.38. The van der Waals surface area contributed by atoms with Crippen LogP contribution in [-0.2, 0) is 10.0 Å². The van der Waals surface area contributed by atoms with Crippen LogP contribution in [0.2, 0.25) is 5.02 Å². The van der Waals surface area contributed by atoms with Gasteiger partial charge in [-0.05, 0) is 30.7 Å². The molecule has 1 rings (SSSR count). The second kappa shape index (κ2) is 4.86. The lowest BCUT2D eigenvalue weighted by Crippen LogP contribution is -2.14. The first-order valence-corrected chi connectivity index (χ1v) is 6.32. The molecule has 1 aromatic rings. The van der Waals surface area contributed by atoms with Gasteiger partial charge < -0.3 is 4.74 Å². The zero-order valence-corrected chi connectivity index (χ0v) is 10.3. The Morgan fingerprint density at radius 3 is 2.69 bits per heavy atom. The fraction of sp³-hybridized carbons (Fsp3) is 0.200. The van der Waals surface area contributed by atoms with Crippen molar-refractivity contribution in [2.24, 2.45) is 5.14 Å². The molecular formula is C10H12ClNO3S.